The number of anilines is 1. The largest absolute Gasteiger partial charge is 0.366 e. The predicted molar refractivity (Wildman–Crippen MR) is 112 cm³/mol. The smallest absolute Gasteiger partial charge is 0.282 e. The van der Waals surface area contributed by atoms with Crippen molar-refractivity contribution in [2.24, 2.45) is 5.92 Å². The number of carbonyl (C=O) groups excluding carboxylic acids is 2. The van der Waals surface area contributed by atoms with E-state index in [0.717, 1.165) is 42.6 Å². The highest BCUT2D eigenvalue weighted by atomic mass is 16.2. The van der Waals surface area contributed by atoms with E-state index < -0.39 is 0 Å². The maximum atomic E-state index is 13.5. The number of likely N-dealkylation sites (tertiary alicyclic amines) is 1. The first-order valence-electron chi connectivity index (χ1n) is 9.98. The predicted octanol–water partition coefficient (Wildman–Crippen LogP) is 4.32. The molecule has 0 aliphatic carbocycles. The number of aryl methyl sites for hydroxylation is 2. The fourth-order valence-corrected chi connectivity index (χ4v) is 4.18. The van der Waals surface area contributed by atoms with Crippen LogP contribution in [0.2, 0.25) is 0 Å². The molecule has 28 heavy (non-hydrogen) atoms. The van der Waals surface area contributed by atoms with E-state index in [1.165, 1.54) is 4.90 Å². The van der Waals surface area contributed by atoms with Crippen LogP contribution in [0.25, 0.3) is 5.57 Å². The number of rotatable bonds is 3. The third kappa shape index (κ3) is 3.13. The Bertz CT molecular complexity index is 954. The minimum atomic E-state index is -0.225. The van der Waals surface area contributed by atoms with Gasteiger partial charge in [-0.15, -0.1) is 0 Å². The Morgan fingerprint density at radius 1 is 0.893 bits per heavy atom. The van der Waals surface area contributed by atoms with Gasteiger partial charge in [-0.3, -0.25) is 9.59 Å². The summed E-state index contributed by atoms with van der Waals surface area (Å²) in [5.41, 5.74) is 4.61. The second-order valence-corrected chi connectivity index (χ2v) is 7.99. The highest BCUT2D eigenvalue weighted by molar-refractivity contribution is 6.45. The molecular formula is C24H26N2O2. The molecule has 4 rings (SSSR count). The zero-order valence-corrected chi connectivity index (χ0v) is 16.7. The van der Waals surface area contributed by atoms with Crippen molar-refractivity contribution in [3.8, 4) is 0 Å². The van der Waals surface area contributed by atoms with Gasteiger partial charge in [0.1, 0.15) is 5.70 Å². The number of piperidine rings is 1. The van der Waals surface area contributed by atoms with Gasteiger partial charge in [-0.2, -0.15) is 0 Å². The molecule has 4 heteroatoms. The van der Waals surface area contributed by atoms with Crippen LogP contribution in [0.5, 0.6) is 0 Å². The van der Waals surface area contributed by atoms with Gasteiger partial charge in [0.2, 0.25) is 0 Å². The molecule has 0 unspecified atom stereocenters. The molecule has 4 nitrogen and oxygen atoms in total. The Balaban J connectivity index is 1.82. The van der Waals surface area contributed by atoms with E-state index in [0.29, 0.717) is 22.9 Å². The van der Waals surface area contributed by atoms with Gasteiger partial charge in [0.05, 0.1) is 11.3 Å². The summed E-state index contributed by atoms with van der Waals surface area (Å²) in [6.07, 6.45) is 2.08. The molecule has 0 bridgehead atoms. The molecule has 0 radical (unpaired) electrons. The first-order valence-corrected chi connectivity index (χ1v) is 9.98. The second kappa shape index (κ2) is 7.27. The van der Waals surface area contributed by atoms with Crippen molar-refractivity contribution >= 4 is 23.1 Å². The number of nitrogens with zero attached hydrogens (tertiary/aromatic N) is 2. The summed E-state index contributed by atoms with van der Waals surface area (Å²) in [6.45, 7) is 7.83. The maximum absolute atomic E-state index is 13.5. The van der Waals surface area contributed by atoms with E-state index in [9.17, 15) is 9.59 Å². The number of hydrogen-bond donors (Lipinski definition) is 0. The average molecular weight is 374 g/mol. The molecule has 1 saturated heterocycles. The summed E-state index contributed by atoms with van der Waals surface area (Å²) < 4.78 is 0. The molecule has 0 N–H and O–H groups in total. The van der Waals surface area contributed by atoms with Crippen molar-refractivity contribution in [1.82, 2.24) is 4.90 Å². The molecule has 0 saturated carbocycles. The van der Waals surface area contributed by atoms with E-state index in [1.54, 1.807) is 0 Å². The van der Waals surface area contributed by atoms with Crippen LogP contribution in [0.15, 0.2) is 54.2 Å². The third-order valence-electron chi connectivity index (χ3n) is 5.81. The lowest BCUT2D eigenvalue weighted by Gasteiger charge is -2.32. The lowest BCUT2D eigenvalue weighted by atomic mass is 9.97. The van der Waals surface area contributed by atoms with Crippen LogP contribution in [0, 0.1) is 19.8 Å². The van der Waals surface area contributed by atoms with Crippen molar-refractivity contribution in [2.45, 2.75) is 33.6 Å². The normalized spacial score (nSPS) is 18.4. The second-order valence-electron chi connectivity index (χ2n) is 7.99. The Morgan fingerprint density at radius 2 is 1.57 bits per heavy atom. The van der Waals surface area contributed by atoms with E-state index >= 15 is 0 Å². The SMILES string of the molecule is Cc1ccc(N2C(=O)C(c3ccccc3)=C(N3CCC(C)CC3)C2=O)c(C)c1. The van der Waals surface area contributed by atoms with Crippen molar-refractivity contribution in [1.29, 1.82) is 0 Å². The number of amides is 2. The zero-order valence-electron chi connectivity index (χ0n) is 16.7. The average Bonchev–Trinajstić information content (AvgIpc) is 2.94. The fourth-order valence-electron chi connectivity index (χ4n) is 4.18. The molecule has 2 heterocycles. The summed E-state index contributed by atoms with van der Waals surface area (Å²) in [5.74, 6) is 0.224. The third-order valence-corrected chi connectivity index (χ3v) is 5.81. The monoisotopic (exact) mass is 374 g/mol. The first-order chi connectivity index (χ1) is 13.5. The molecule has 2 aliphatic heterocycles. The summed E-state index contributed by atoms with van der Waals surface area (Å²) >= 11 is 0. The lowest BCUT2D eigenvalue weighted by Crippen LogP contribution is -2.38. The number of hydrogen-bond acceptors (Lipinski definition) is 3. The summed E-state index contributed by atoms with van der Waals surface area (Å²) in [7, 11) is 0. The molecule has 0 aromatic heterocycles. The zero-order chi connectivity index (χ0) is 19.8. The van der Waals surface area contributed by atoms with Crippen molar-refractivity contribution < 1.29 is 9.59 Å². The fraction of sp³-hybridized carbons (Fsp3) is 0.333. The Kier molecular flexibility index (Phi) is 4.80. The van der Waals surface area contributed by atoms with Crippen LogP contribution in [-0.4, -0.2) is 29.8 Å². The van der Waals surface area contributed by atoms with Crippen LogP contribution in [0.1, 0.15) is 36.5 Å². The minimum absolute atomic E-state index is 0.203. The molecule has 2 amide bonds. The van der Waals surface area contributed by atoms with Gasteiger partial charge < -0.3 is 4.90 Å². The van der Waals surface area contributed by atoms with Crippen LogP contribution >= 0.6 is 0 Å². The Hall–Kier alpha value is -2.88. The van der Waals surface area contributed by atoms with Gasteiger partial charge in [0, 0.05) is 13.1 Å². The van der Waals surface area contributed by atoms with Gasteiger partial charge in [0.15, 0.2) is 0 Å². The van der Waals surface area contributed by atoms with E-state index in [2.05, 4.69) is 11.8 Å². The number of imide groups is 1. The maximum Gasteiger partial charge on any atom is 0.282 e. The van der Waals surface area contributed by atoms with Crippen LogP contribution in [-0.2, 0) is 9.59 Å². The first kappa shape index (κ1) is 18.5. The number of benzene rings is 2. The molecule has 2 aliphatic rings. The number of carbonyl (C=O) groups is 2. The highest BCUT2D eigenvalue weighted by Gasteiger charge is 2.43. The van der Waals surface area contributed by atoms with Gasteiger partial charge >= 0.3 is 0 Å². The van der Waals surface area contributed by atoms with Gasteiger partial charge in [-0.1, -0.05) is 55.0 Å². The van der Waals surface area contributed by atoms with E-state index in [-0.39, 0.29) is 11.8 Å². The Labute approximate surface area is 166 Å². The van der Waals surface area contributed by atoms with Crippen LogP contribution in [0.4, 0.5) is 5.69 Å². The van der Waals surface area contributed by atoms with Crippen molar-refractivity contribution in [2.75, 3.05) is 18.0 Å². The van der Waals surface area contributed by atoms with Gasteiger partial charge in [-0.05, 0) is 49.8 Å². The summed E-state index contributed by atoms with van der Waals surface area (Å²) in [6, 6.07) is 15.4. The molecular weight excluding hydrogens is 348 g/mol. The van der Waals surface area contributed by atoms with Crippen LogP contribution in [0.3, 0.4) is 0 Å². The molecule has 0 atom stereocenters. The molecule has 2 aromatic carbocycles. The van der Waals surface area contributed by atoms with Crippen molar-refractivity contribution in [3.63, 3.8) is 0 Å². The standard InChI is InChI=1S/C24H26N2O2/c1-16-11-13-25(14-12-16)22-21(19-7-5-4-6-8-19)23(27)26(24(22)28)20-10-9-17(2)15-18(20)3/h4-10,15-16H,11-14H2,1-3H3. The Morgan fingerprint density at radius 3 is 2.21 bits per heavy atom. The summed E-state index contributed by atoms with van der Waals surface area (Å²) in [5, 5.41) is 0. The molecule has 1 fully saturated rings. The summed E-state index contributed by atoms with van der Waals surface area (Å²) in [4.78, 5) is 30.5. The molecule has 0 spiro atoms. The topological polar surface area (TPSA) is 40.6 Å². The van der Waals surface area contributed by atoms with Crippen molar-refractivity contribution in [3.05, 3.63) is 70.9 Å². The lowest BCUT2D eigenvalue weighted by molar-refractivity contribution is -0.120. The highest BCUT2D eigenvalue weighted by Crippen LogP contribution is 2.37. The molecule has 2 aromatic rings. The van der Waals surface area contributed by atoms with E-state index in [1.807, 2.05) is 62.4 Å². The van der Waals surface area contributed by atoms with E-state index in [4.69, 9.17) is 0 Å². The quantitative estimate of drug-likeness (QED) is 0.751. The molecule has 144 valence electrons. The minimum Gasteiger partial charge on any atom is -0.366 e. The van der Waals surface area contributed by atoms with Gasteiger partial charge in [-0.25, -0.2) is 4.90 Å². The van der Waals surface area contributed by atoms with Gasteiger partial charge in [0.25, 0.3) is 11.8 Å². The van der Waals surface area contributed by atoms with Crippen LogP contribution < -0.4 is 4.90 Å².